The average molecular weight is 479 g/mol. The van der Waals surface area contributed by atoms with Crippen molar-refractivity contribution in [1.29, 1.82) is 0 Å². The van der Waals surface area contributed by atoms with Crippen LogP contribution in [0.3, 0.4) is 0 Å². The molecular weight excluding hydrogens is 447 g/mol. The summed E-state index contributed by atoms with van der Waals surface area (Å²) in [6.07, 6.45) is -0.800. The van der Waals surface area contributed by atoms with E-state index in [1.807, 2.05) is 20.8 Å². The van der Waals surface area contributed by atoms with Crippen LogP contribution in [0.15, 0.2) is 0 Å². The maximum atomic E-state index is 11.5. The van der Waals surface area contributed by atoms with Crippen molar-refractivity contribution in [3.63, 3.8) is 0 Å². The van der Waals surface area contributed by atoms with Gasteiger partial charge in [0.2, 0.25) is 0 Å². The smallest absolute Gasteiger partial charge is 0.772 e. The predicted molar refractivity (Wildman–Crippen MR) is 107 cm³/mol. The number of carbonyl (C=O) groups excluding carboxylic acids is 2. The van der Waals surface area contributed by atoms with E-state index < -0.39 is 44.7 Å². The molecule has 0 bridgehead atoms. The number of nitrogens with zero attached hydrogens (tertiary/aromatic N) is 2. The fourth-order valence-corrected chi connectivity index (χ4v) is 3.69. The molecule has 0 saturated carbocycles. The van der Waals surface area contributed by atoms with E-state index in [4.69, 9.17) is 9.47 Å². The molecule has 2 atom stereocenters. The number of carbonyl (C=O) groups is 2. The molecule has 0 aliphatic carbocycles. The van der Waals surface area contributed by atoms with Gasteiger partial charge >= 0.3 is 41.7 Å². The molecule has 170 valence electrons. The third kappa shape index (κ3) is 10.4. The summed E-state index contributed by atoms with van der Waals surface area (Å²) < 4.78 is 47.0. The fourth-order valence-electron chi connectivity index (χ4n) is 2.21. The molecule has 2 heterocycles. The molecule has 13 heteroatoms. The maximum Gasteiger partial charge on any atom is 1.00 e. The summed E-state index contributed by atoms with van der Waals surface area (Å²) in [5.74, 6) is 0. The Morgan fingerprint density at radius 1 is 0.833 bits per heavy atom. The Hall–Kier alpha value is -0.240. The van der Waals surface area contributed by atoms with E-state index in [1.54, 1.807) is 20.8 Å². The van der Waals surface area contributed by atoms with Crippen LogP contribution >= 0.6 is 0 Å². The average Bonchev–Trinajstić information content (AvgIpc) is 2.39. The third-order valence-corrected chi connectivity index (χ3v) is 5.72. The van der Waals surface area contributed by atoms with E-state index in [9.17, 15) is 22.6 Å². The fraction of sp³-hybridized carbons (Fsp3) is 0.882. The van der Waals surface area contributed by atoms with Gasteiger partial charge in [-0.3, -0.25) is 8.39 Å². The van der Waals surface area contributed by atoms with Crippen LogP contribution < -0.4 is 29.6 Å². The zero-order chi connectivity index (χ0) is 22.6. The molecule has 0 N–H and O–H groups in total. The first-order valence-electron chi connectivity index (χ1n) is 9.12. The normalized spacial score (nSPS) is 19.2. The second kappa shape index (κ2) is 12.1. The Kier molecular flexibility index (Phi) is 12.0. The molecular formula is C17H31N2NaO8S2. The minimum absolute atomic E-state index is 0. The van der Waals surface area contributed by atoms with E-state index in [0.717, 1.165) is 0 Å². The second-order valence-electron chi connectivity index (χ2n) is 8.70. The Morgan fingerprint density at radius 3 is 1.43 bits per heavy atom. The number of ether oxygens (including phenoxy) is 2. The molecule has 2 fully saturated rings. The van der Waals surface area contributed by atoms with E-state index in [2.05, 4.69) is 4.18 Å². The Bertz CT molecular complexity index is 639. The second-order valence-corrected chi connectivity index (χ2v) is 11.4. The summed E-state index contributed by atoms with van der Waals surface area (Å²) in [5.41, 5.74) is -1.01. The number of hydrogen-bond acceptors (Lipinski definition) is 8. The van der Waals surface area contributed by atoms with E-state index in [1.165, 1.54) is 16.9 Å². The first kappa shape index (κ1) is 29.8. The van der Waals surface area contributed by atoms with Crippen molar-refractivity contribution in [3.05, 3.63) is 0 Å². The zero-order valence-electron chi connectivity index (χ0n) is 19.0. The van der Waals surface area contributed by atoms with Gasteiger partial charge in [0.1, 0.15) is 11.2 Å². The molecule has 30 heavy (non-hydrogen) atoms. The summed E-state index contributed by atoms with van der Waals surface area (Å²) >= 11 is -3.38. The molecule has 2 aliphatic heterocycles. The van der Waals surface area contributed by atoms with Gasteiger partial charge in [-0.15, -0.1) is 0 Å². The minimum Gasteiger partial charge on any atom is -0.772 e. The van der Waals surface area contributed by atoms with Crippen LogP contribution in [0, 0.1) is 0 Å². The van der Waals surface area contributed by atoms with Gasteiger partial charge in [0.25, 0.3) is 0 Å². The molecule has 0 aromatic rings. The van der Waals surface area contributed by atoms with Gasteiger partial charge in [-0.1, -0.05) is 0 Å². The van der Waals surface area contributed by atoms with Crippen LogP contribution in [0.2, 0.25) is 0 Å². The van der Waals surface area contributed by atoms with Crippen molar-refractivity contribution in [2.24, 2.45) is 0 Å². The summed E-state index contributed by atoms with van der Waals surface area (Å²) in [6.45, 7) is 12.1. The molecule has 2 rings (SSSR count). The van der Waals surface area contributed by atoms with Gasteiger partial charge in [-0.05, 0) is 52.6 Å². The maximum absolute atomic E-state index is 11.5. The molecule has 2 aliphatic rings. The van der Waals surface area contributed by atoms with Gasteiger partial charge in [0.05, 0.1) is 17.6 Å². The first-order chi connectivity index (χ1) is 13.1. The van der Waals surface area contributed by atoms with Gasteiger partial charge in [-0.25, -0.2) is 13.8 Å². The van der Waals surface area contributed by atoms with Gasteiger partial charge in [-0.2, -0.15) is 0 Å². The molecule has 0 aromatic carbocycles. The predicted octanol–water partition coefficient (Wildman–Crippen LogP) is -1.60. The van der Waals surface area contributed by atoms with Crippen LogP contribution in [0.1, 0.15) is 41.5 Å². The number of rotatable bonds is 3. The van der Waals surface area contributed by atoms with E-state index >= 15 is 0 Å². The molecule has 2 unspecified atom stereocenters. The number of likely N-dealkylation sites (tertiary alicyclic amines) is 2. The minimum atomic E-state index is -2.08. The van der Waals surface area contributed by atoms with E-state index in [-0.39, 0.29) is 54.0 Å². The molecule has 2 saturated heterocycles. The first-order valence-corrected chi connectivity index (χ1v) is 11.4. The van der Waals surface area contributed by atoms with Crippen molar-refractivity contribution in [2.45, 2.75) is 63.2 Å². The largest absolute Gasteiger partial charge is 1.00 e. The zero-order valence-corrected chi connectivity index (χ0v) is 22.6. The van der Waals surface area contributed by atoms with Crippen LogP contribution in [-0.2, 0) is 35.8 Å². The third-order valence-electron chi connectivity index (χ3n) is 3.71. The molecule has 10 nitrogen and oxygen atoms in total. The van der Waals surface area contributed by atoms with Crippen molar-refractivity contribution >= 4 is 34.3 Å². The Labute approximate surface area is 205 Å². The van der Waals surface area contributed by atoms with Crippen molar-refractivity contribution < 1.29 is 65.8 Å². The van der Waals surface area contributed by atoms with Crippen LogP contribution in [-0.4, -0.2) is 89.9 Å². The van der Waals surface area contributed by atoms with E-state index in [0.29, 0.717) is 13.1 Å². The summed E-state index contributed by atoms with van der Waals surface area (Å²) in [7, 11) is 1.40. The summed E-state index contributed by atoms with van der Waals surface area (Å²) in [4.78, 5) is 25.7. The molecule has 0 radical (unpaired) electrons. The van der Waals surface area contributed by atoms with Crippen molar-refractivity contribution in [2.75, 3.05) is 33.3 Å². The van der Waals surface area contributed by atoms with Gasteiger partial charge in [0, 0.05) is 26.2 Å². The standard InChI is InChI=1S/C9H17NO4S.C8H15NO4S.Na/c1-9(2,3)14-8(11)10-5-7(6-10)15(12)13-4;1-8(2,3)13-7(10)9-4-6(5-9)14(11)12;/h7H,5-6H2,1-4H3;6H,4-5H2,1-3H3,(H,11,12);/q;;+1/p-1. The van der Waals surface area contributed by atoms with Gasteiger partial charge in [0.15, 0.2) is 11.1 Å². The van der Waals surface area contributed by atoms with Crippen molar-refractivity contribution in [1.82, 2.24) is 9.80 Å². The van der Waals surface area contributed by atoms with Gasteiger partial charge < -0.3 is 23.8 Å². The summed E-state index contributed by atoms with van der Waals surface area (Å²) in [5, 5.41) is -0.509. The SMILES string of the molecule is CC(C)(C)OC(=O)N1CC(S(=O)[O-])C1.COS(=O)C1CN(C(=O)OC(C)(C)C)C1.[Na+]. The number of hydrogen-bond donors (Lipinski definition) is 0. The quantitative estimate of drug-likeness (QED) is 0.351. The molecule has 0 spiro atoms. The Balaban J connectivity index is 0.000000544. The van der Waals surface area contributed by atoms with Crippen molar-refractivity contribution in [3.8, 4) is 0 Å². The van der Waals surface area contributed by atoms with Crippen LogP contribution in [0.25, 0.3) is 0 Å². The summed E-state index contributed by atoms with van der Waals surface area (Å²) in [6, 6.07) is 0. The monoisotopic (exact) mass is 478 g/mol. The Morgan fingerprint density at radius 2 is 1.17 bits per heavy atom. The molecule has 0 aromatic heterocycles. The van der Waals surface area contributed by atoms with Crippen LogP contribution in [0.4, 0.5) is 9.59 Å². The topological polar surface area (TPSA) is 126 Å². The molecule has 2 amide bonds. The van der Waals surface area contributed by atoms with Crippen LogP contribution in [0.5, 0.6) is 0 Å². The number of amides is 2.